The fraction of sp³-hybridized carbons (Fsp3) is 0.500. The maximum absolute atomic E-state index is 12.1. The monoisotopic (exact) mass is 322 g/mol. The Morgan fingerprint density at radius 3 is 2.86 bits per heavy atom. The molecule has 22 heavy (non-hydrogen) atoms. The molecule has 1 aliphatic rings. The third-order valence-electron chi connectivity index (χ3n) is 3.40. The maximum atomic E-state index is 12.1. The highest BCUT2D eigenvalue weighted by Gasteiger charge is 2.34. The van der Waals surface area contributed by atoms with E-state index >= 15 is 0 Å². The Hall–Kier alpha value is -1.69. The van der Waals surface area contributed by atoms with Crippen molar-refractivity contribution in [3.63, 3.8) is 0 Å². The highest BCUT2D eigenvalue weighted by Crippen LogP contribution is 2.42. The van der Waals surface area contributed by atoms with Crippen molar-refractivity contribution < 1.29 is 14.3 Å². The predicted octanol–water partition coefficient (Wildman–Crippen LogP) is 2.18. The number of methoxy groups -OCH3 is 1. The second-order valence-electron chi connectivity index (χ2n) is 5.46. The summed E-state index contributed by atoms with van der Waals surface area (Å²) in [6.45, 7) is 4.27. The lowest BCUT2D eigenvalue weighted by atomic mass is 10.1. The second-order valence-corrected chi connectivity index (χ2v) is 6.53. The Morgan fingerprint density at radius 2 is 2.18 bits per heavy atom. The van der Waals surface area contributed by atoms with Crippen LogP contribution >= 0.6 is 11.8 Å². The van der Waals surface area contributed by atoms with Gasteiger partial charge < -0.3 is 15.0 Å². The molecule has 1 saturated heterocycles. The largest absolute Gasteiger partial charge is 0.496 e. The number of nitrogens with zero attached hydrogens (tertiary/aromatic N) is 1. The van der Waals surface area contributed by atoms with Crippen molar-refractivity contribution in [1.29, 1.82) is 0 Å². The van der Waals surface area contributed by atoms with E-state index in [2.05, 4.69) is 5.32 Å². The summed E-state index contributed by atoms with van der Waals surface area (Å²) in [7, 11) is 1.63. The van der Waals surface area contributed by atoms with Gasteiger partial charge in [0.25, 0.3) is 0 Å². The topological polar surface area (TPSA) is 58.6 Å². The van der Waals surface area contributed by atoms with E-state index in [-0.39, 0.29) is 23.2 Å². The van der Waals surface area contributed by atoms with E-state index < -0.39 is 0 Å². The molecule has 2 amide bonds. The normalized spacial score (nSPS) is 17.9. The Bertz CT molecular complexity index is 548. The van der Waals surface area contributed by atoms with Crippen LogP contribution in [0.5, 0.6) is 5.75 Å². The molecule has 1 heterocycles. The van der Waals surface area contributed by atoms with Crippen LogP contribution in [-0.2, 0) is 9.59 Å². The van der Waals surface area contributed by atoms with Gasteiger partial charge in [-0.15, -0.1) is 11.8 Å². The number of carbonyl (C=O) groups excluding carboxylic acids is 2. The lowest BCUT2D eigenvalue weighted by Gasteiger charge is -2.25. The number of nitrogens with one attached hydrogen (secondary N) is 1. The van der Waals surface area contributed by atoms with Gasteiger partial charge in [0.05, 0.1) is 12.9 Å². The summed E-state index contributed by atoms with van der Waals surface area (Å²) in [6, 6.07) is 7.81. The summed E-state index contributed by atoms with van der Waals surface area (Å²) in [5.41, 5.74) is 0.977. The molecule has 1 aliphatic heterocycles. The number of benzene rings is 1. The van der Waals surface area contributed by atoms with E-state index in [0.29, 0.717) is 18.7 Å². The molecular formula is C16H22N2O3S. The molecule has 0 aromatic heterocycles. The maximum Gasteiger partial charge on any atom is 0.233 e. The van der Waals surface area contributed by atoms with Crippen molar-refractivity contribution >= 4 is 23.6 Å². The highest BCUT2D eigenvalue weighted by molar-refractivity contribution is 8.00. The van der Waals surface area contributed by atoms with Crippen LogP contribution in [0.1, 0.15) is 31.2 Å². The third-order valence-corrected chi connectivity index (χ3v) is 4.64. The Kier molecular flexibility index (Phi) is 5.71. The molecular weight excluding hydrogens is 300 g/mol. The zero-order chi connectivity index (χ0) is 16.1. The van der Waals surface area contributed by atoms with Crippen LogP contribution < -0.4 is 10.1 Å². The van der Waals surface area contributed by atoms with Crippen LogP contribution in [-0.4, -0.2) is 42.2 Å². The molecule has 0 radical (unpaired) electrons. The van der Waals surface area contributed by atoms with E-state index in [0.717, 1.165) is 11.3 Å². The van der Waals surface area contributed by atoms with Gasteiger partial charge in [-0.2, -0.15) is 0 Å². The molecule has 1 atom stereocenters. The highest BCUT2D eigenvalue weighted by atomic mass is 32.2. The van der Waals surface area contributed by atoms with E-state index in [1.807, 2.05) is 38.1 Å². The molecule has 1 aromatic carbocycles. The summed E-state index contributed by atoms with van der Waals surface area (Å²) in [6.07, 6.45) is 0.316. The van der Waals surface area contributed by atoms with Crippen LogP contribution in [0.25, 0.3) is 0 Å². The Labute approximate surface area is 135 Å². The van der Waals surface area contributed by atoms with Crippen molar-refractivity contribution in [3.05, 3.63) is 29.8 Å². The SMILES string of the molecule is COc1ccccc1C1SCC(=O)N1CCC(=O)NC(C)C. The number of carbonyl (C=O) groups is 2. The average Bonchev–Trinajstić information content (AvgIpc) is 2.85. The van der Waals surface area contributed by atoms with Crippen molar-refractivity contribution in [3.8, 4) is 5.75 Å². The number of ether oxygens (including phenoxy) is 1. The molecule has 0 saturated carbocycles. The fourth-order valence-corrected chi connectivity index (χ4v) is 3.68. The molecule has 2 rings (SSSR count). The summed E-state index contributed by atoms with van der Waals surface area (Å²) in [5, 5.41) is 2.76. The van der Waals surface area contributed by atoms with E-state index in [1.54, 1.807) is 23.8 Å². The summed E-state index contributed by atoms with van der Waals surface area (Å²) >= 11 is 1.57. The van der Waals surface area contributed by atoms with E-state index in [1.165, 1.54) is 0 Å². The second kappa shape index (κ2) is 7.54. The first-order valence-corrected chi connectivity index (χ1v) is 8.41. The van der Waals surface area contributed by atoms with Crippen LogP contribution in [0.15, 0.2) is 24.3 Å². The first kappa shape index (κ1) is 16.7. The van der Waals surface area contributed by atoms with Crippen LogP contribution in [0.4, 0.5) is 0 Å². The first-order valence-electron chi connectivity index (χ1n) is 7.36. The van der Waals surface area contributed by atoms with Crippen LogP contribution in [0, 0.1) is 0 Å². The molecule has 0 spiro atoms. The number of thioether (sulfide) groups is 1. The molecule has 1 unspecified atom stereocenters. The molecule has 1 N–H and O–H groups in total. The van der Waals surface area contributed by atoms with Crippen molar-refractivity contribution in [2.75, 3.05) is 19.4 Å². The molecule has 5 nitrogen and oxygen atoms in total. The van der Waals surface area contributed by atoms with Crippen molar-refractivity contribution in [2.45, 2.75) is 31.7 Å². The van der Waals surface area contributed by atoms with E-state index in [4.69, 9.17) is 4.74 Å². The van der Waals surface area contributed by atoms with Gasteiger partial charge in [0.1, 0.15) is 11.1 Å². The van der Waals surface area contributed by atoms with E-state index in [9.17, 15) is 9.59 Å². The molecule has 0 bridgehead atoms. The van der Waals surface area contributed by atoms with Gasteiger partial charge in [-0.3, -0.25) is 9.59 Å². The fourth-order valence-electron chi connectivity index (χ4n) is 2.44. The van der Waals surface area contributed by atoms with Gasteiger partial charge in [-0.05, 0) is 19.9 Å². The van der Waals surface area contributed by atoms with Crippen LogP contribution in [0.3, 0.4) is 0 Å². The van der Waals surface area contributed by atoms with Gasteiger partial charge >= 0.3 is 0 Å². The predicted molar refractivity (Wildman–Crippen MR) is 87.8 cm³/mol. The number of hydrogen-bond acceptors (Lipinski definition) is 4. The van der Waals surface area contributed by atoms with Gasteiger partial charge in [-0.1, -0.05) is 18.2 Å². The number of hydrogen-bond donors (Lipinski definition) is 1. The standard InChI is InChI=1S/C16H22N2O3S/c1-11(2)17-14(19)8-9-18-15(20)10-22-16(18)12-6-4-5-7-13(12)21-3/h4-7,11,16H,8-10H2,1-3H3,(H,17,19). The van der Waals surface area contributed by atoms with Crippen LogP contribution in [0.2, 0.25) is 0 Å². The quantitative estimate of drug-likeness (QED) is 0.872. The summed E-state index contributed by atoms with van der Waals surface area (Å²) < 4.78 is 5.39. The van der Waals surface area contributed by atoms with Gasteiger partial charge in [-0.25, -0.2) is 0 Å². The van der Waals surface area contributed by atoms with Crippen molar-refractivity contribution in [2.24, 2.45) is 0 Å². The minimum atomic E-state index is -0.0875. The molecule has 120 valence electrons. The van der Waals surface area contributed by atoms with Gasteiger partial charge in [0, 0.05) is 24.6 Å². The molecule has 1 aromatic rings. The number of rotatable bonds is 6. The van der Waals surface area contributed by atoms with Gasteiger partial charge in [0.15, 0.2) is 0 Å². The number of amides is 2. The minimum absolute atomic E-state index is 0.0292. The summed E-state index contributed by atoms with van der Waals surface area (Å²) in [5.74, 6) is 1.25. The minimum Gasteiger partial charge on any atom is -0.496 e. The molecule has 0 aliphatic carbocycles. The third kappa shape index (κ3) is 3.94. The van der Waals surface area contributed by atoms with Crippen molar-refractivity contribution in [1.82, 2.24) is 10.2 Å². The molecule has 6 heteroatoms. The average molecular weight is 322 g/mol. The summed E-state index contributed by atoms with van der Waals surface area (Å²) in [4.78, 5) is 25.7. The zero-order valence-corrected chi connectivity index (χ0v) is 14.0. The smallest absolute Gasteiger partial charge is 0.233 e. The first-order chi connectivity index (χ1) is 10.5. The molecule has 1 fully saturated rings. The zero-order valence-electron chi connectivity index (χ0n) is 13.2. The van der Waals surface area contributed by atoms with Gasteiger partial charge in [0.2, 0.25) is 11.8 Å². The Morgan fingerprint density at radius 1 is 1.45 bits per heavy atom. The Balaban J connectivity index is 2.08. The number of para-hydroxylation sites is 1. The lowest BCUT2D eigenvalue weighted by molar-refractivity contribution is -0.129. The lowest BCUT2D eigenvalue weighted by Crippen LogP contribution is -2.35.